The van der Waals surface area contributed by atoms with Crippen molar-refractivity contribution < 1.29 is 13.2 Å². The predicted octanol–water partition coefficient (Wildman–Crippen LogP) is 1.35. The van der Waals surface area contributed by atoms with Crippen molar-refractivity contribution in [3.63, 3.8) is 0 Å². The van der Waals surface area contributed by atoms with Gasteiger partial charge in [0, 0.05) is 26.1 Å². The van der Waals surface area contributed by atoms with E-state index >= 15 is 0 Å². The van der Waals surface area contributed by atoms with Crippen LogP contribution in [0, 0.1) is 11.8 Å². The molecule has 2 heterocycles. The largest absolute Gasteiger partial charge is 0.302 e. The maximum absolute atomic E-state index is 12.9. The lowest BCUT2D eigenvalue weighted by molar-refractivity contribution is -0.131. The third-order valence-electron chi connectivity index (χ3n) is 5.82. The van der Waals surface area contributed by atoms with Gasteiger partial charge in [-0.05, 0) is 37.8 Å². The van der Waals surface area contributed by atoms with Crippen molar-refractivity contribution in [3.05, 3.63) is 30.3 Å². The molecule has 0 N–H and O–H groups in total. The summed E-state index contributed by atoms with van der Waals surface area (Å²) in [5.41, 5.74) is -0.746. The summed E-state index contributed by atoms with van der Waals surface area (Å²) in [7, 11) is -1.76. The first-order valence-corrected chi connectivity index (χ1v) is 9.70. The summed E-state index contributed by atoms with van der Waals surface area (Å²) in [6.45, 7) is 2.70. The van der Waals surface area contributed by atoms with Crippen molar-refractivity contribution in [1.82, 2.24) is 9.21 Å². The van der Waals surface area contributed by atoms with Gasteiger partial charge in [-0.3, -0.25) is 9.79 Å². The molecular formula is C17H21N3O3S. The molecule has 7 heteroatoms. The molecule has 1 aromatic carbocycles. The molecule has 4 rings (SSSR count). The van der Waals surface area contributed by atoms with Gasteiger partial charge in [0.15, 0.2) is 0 Å². The Hall–Kier alpha value is -1.73. The van der Waals surface area contributed by atoms with E-state index in [0.717, 1.165) is 18.7 Å². The van der Waals surface area contributed by atoms with Crippen molar-refractivity contribution in [2.45, 2.75) is 30.2 Å². The number of sulfonamides is 1. The second-order valence-electron chi connectivity index (χ2n) is 6.99. The molecule has 6 nitrogen and oxygen atoms in total. The van der Waals surface area contributed by atoms with E-state index in [1.165, 1.54) is 4.31 Å². The van der Waals surface area contributed by atoms with Gasteiger partial charge in [-0.1, -0.05) is 18.2 Å². The lowest BCUT2D eigenvalue weighted by Crippen LogP contribution is -2.45. The molecule has 0 bridgehead atoms. The second kappa shape index (κ2) is 5.13. The summed E-state index contributed by atoms with van der Waals surface area (Å²) < 4.78 is 27.3. The van der Waals surface area contributed by atoms with Gasteiger partial charge in [0.25, 0.3) is 5.91 Å². The molecule has 0 aromatic heterocycles. The van der Waals surface area contributed by atoms with Crippen LogP contribution in [0.25, 0.3) is 0 Å². The fourth-order valence-electron chi connectivity index (χ4n) is 4.45. The lowest BCUT2D eigenvalue weighted by Gasteiger charge is -2.27. The Morgan fingerprint density at radius 1 is 1.21 bits per heavy atom. The van der Waals surface area contributed by atoms with E-state index in [2.05, 4.69) is 4.99 Å². The molecule has 24 heavy (non-hydrogen) atoms. The average Bonchev–Trinajstić information content (AvgIpc) is 3.21. The fourth-order valence-corrected chi connectivity index (χ4v) is 5.99. The number of likely N-dealkylation sites (N-methyl/N-ethyl adjacent to an activating group) is 1. The van der Waals surface area contributed by atoms with Crippen molar-refractivity contribution in [2.24, 2.45) is 16.8 Å². The third kappa shape index (κ3) is 2.01. The third-order valence-corrected chi connectivity index (χ3v) is 7.67. The van der Waals surface area contributed by atoms with Crippen molar-refractivity contribution in [3.8, 4) is 0 Å². The Kier molecular flexibility index (Phi) is 3.37. The highest BCUT2D eigenvalue weighted by molar-refractivity contribution is 7.89. The highest BCUT2D eigenvalue weighted by atomic mass is 32.2. The minimum Gasteiger partial charge on any atom is -0.302 e. The molecule has 1 spiro atoms. The number of amidine groups is 1. The van der Waals surface area contributed by atoms with Crippen LogP contribution in [0.5, 0.6) is 0 Å². The summed E-state index contributed by atoms with van der Waals surface area (Å²) in [5.74, 6) is 0.926. The minimum absolute atomic E-state index is 0.0199. The van der Waals surface area contributed by atoms with Gasteiger partial charge in [-0.15, -0.1) is 0 Å². The molecule has 1 amide bonds. The molecular weight excluding hydrogens is 326 g/mol. The fraction of sp³-hybridized carbons (Fsp3) is 0.529. The van der Waals surface area contributed by atoms with Crippen LogP contribution < -0.4 is 0 Å². The summed E-state index contributed by atoms with van der Waals surface area (Å²) in [4.78, 5) is 19.4. The number of fused-ring (bicyclic) bond motifs is 2. The SMILES string of the molecule is CC1=N[C@]2(CC[C@H]3CN(S(=O)(=O)c4ccccc4)C[C@H]32)C(=O)N1C. The Bertz CT molecular complexity index is 821. The van der Waals surface area contributed by atoms with E-state index in [9.17, 15) is 13.2 Å². The molecule has 3 aliphatic rings. The summed E-state index contributed by atoms with van der Waals surface area (Å²) in [6.07, 6.45) is 1.57. The maximum atomic E-state index is 12.9. The quantitative estimate of drug-likeness (QED) is 0.811. The topological polar surface area (TPSA) is 70.0 Å². The molecule has 128 valence electrons. The molecule has 1 saturated heterocycles. The van der Waals surface area contributed by atoms with E-state index in [0.29, 0.717) is 18.0 Å². The summed E-state index contributed by atoms with van der Waals surface area (Å²) in [6, 6.07) is 8.51. The molecule has 2 fully saturated rings. The molecule has 2 aliphatic heterocycles. The van der Waals surface area contributed by atoms with Gasteiger partial charge < -0.3 is 4.90 Å². The first kappa shape index (κ1) is 15.8. The van der Waals surface area contributed by atoms with Crippen LogP contribution in [0.15, 0.2) is 40.2 Å². The van der Waals surface area contributed by atoms with E-state index in [1.54, 1.807) is 42.3 Å². The van der Waals surface area contributed by atoms with E-state index in [-0.39, 0.29) is 17.7 Å². The van der Waals surface area contributed by atoms with Gasteiger partial charge in [-0.25, -0.2) is 8.42 Å². The van der Waals surface area contributed by atoms with Crippen molar-refractivity contribution in [1.29, 1.82) is 0 Å². The maximum Gasteiger partial charge on any atom is 0.255 e. The number of carbonyl (C=O) groups excluding carboxylic acids is 1. The average molecular weight is 347 g/mol. The molecule has 0 radical (unpaired) electrons. The highest BCUT2D eigenvalue weighted by Gasteiger charge is 2.61. The van der Waals surface area contributed by atoms with Gasteiger partial charge in [0.1, 0.15) is 11.4 Å². The van der Waals surface area contributed by atoms with E-state index < -0.39 is 15.6 Å². The molecule has 1 aromatic rings. The normalized spacial score (nSPS) is 33.3. The van der Waals surface area contributed by atoms with Gasteiger partial charge in [0.05, 0.1) is 4.90 Å². The van der Waals surface area contributed by atoms with Crippen LogP contribution >= 0.6 is 0 Å². The second-order valence-corrected chi connectivity index (χ2v) is 8.93. The Morgan fingerprint density at radius 2 is 1.92 bits per heavy atom. The van der Waals surface area contributed by atoms with E-state index in [1.807, 2.05) is 6.92 Å². The summed E-state index contributed by atoms with van der Waals surface area (Å²) >= 11 is 0. The van der Waals surface area contributed by atoms with Crippen LogP contribution in [-0.2, 0) is 14.8 Å². The zero-order valence-electron chi connectivity index (χ0n) is 13.8. The highest BCUT2D eigenvalue weighted by Crippen LogP contribution is 2.50. The molecule has 1 aliphatic carbocycles. The van der Waals surface area contributed by atoms with Gasteiger partial charge in [-0.2, -0.15) is 4.31 Å². The van der Waals surface area contributed by atoms with Crippen LogP contribution in [0.3, 0.4) is 0 Å². The number of benzene rings is 1. The first-order chi connectivity index (χ1) is 11.4. The predicted molar refractivity (Wildman–Crippen MR) is 90.0 cm³/mol. The number of hydrogen-bond donors (Lipinski definition) is 0. The van der Waals surface area contributed by atoms with Gasteiger partial charge >= 0.3 is 0 Å². The standard InChI is InChI=1S/C17H21N3O3S/c1-12-18-17(16(21)19(12)2)9-8-13-10-20(11-15(13)17)24(22,23)14-6-4-3-5-7-14/h3-7,13,15H,8-11H2,1-2H3/t13-,15+,17-/m0/s1. The molecule has 0 unspecified atom stereocenters. The first-order valence-electron chi connectivity index (χ1n) is 8.26. The van der Waals surface area contributed by atoms with Crippen molar-refractivity contribution in [2.75, 3.05) is 20.1 Å². The zero-order chi connectivity index (χ0) is 17.1. The summed E-state index contributed by atoms with van der Waals surface area (Å²) in [5, 5.41) is 0. The van der Waals surface area contributed by atoms with E-state index in [4.69, 9.17) is 0 Å². The van der Waals surface area contributed by atoms with Crippen LogP contribution in [0.4, 0.5) is 0 Å². The smallest absolute Gasteiger partial charge is 0.255 e. The zero-order valence-corrected chi connectivity index (χ0v) is 14.7. The number of hydrogen-bond acceptors (Lipinski definition) is 4. The lowest BCUT2D eigenvalue weighted by atomic mass is 9.85. The monoisotopic (exact) mass is 347 g/mol. The minimum atomic E-state index is -3.51. The number of amides is 1. The van der Waals surface area contributed by atoms with Crippen LogP contribution in [0.1, 0.15) is 19.8 Å². The van der Waals surface area contributed by atoms with Crippen LogP contribution in [-0.4, -0.2) is 55.0 Å². The Labute approximate surface area is 142 Å². The number of nitrogens with zero attached hydrogens (tertiary/aromatic N) is 3. The number of rotatable bonds is 2. The number of carbonyl (C=O) groups is 1. The van der Waals surface area contributed by atoms with Gasteiger partial charge in [0.2, 0.25) is 10.0 Å². The Morgan fingerprint density at radius 3 is 2.54 bits per heavy atom. The Balaban J connectivity index is 1.65. The van der Waals surface area contributed by atoms with Crippen LogP contribution in [0.2, 0.25) is 0 Å². The molecule has 3 atom stereocenters. The van der Waals surface area contributed by atoms with Crippen molar-refractivity contribution >= 4 is 21.8 Å². The molecule has 1 saturated carbocycles. The number of aliphatic imine (C=N–C) groups is 1.